The molecule has 0 spiro atoms. The second-order valence-corrected chi connectivity index (χ2v) is 8.09. The van der Waals surface area contributed by atoms with Gasteiger partial charge in [-0.15, -0.1) is 5.10 Å². The normalized spacial score (nSPS) is 14.9. The van der Waals surface area contributed by atoms with Crippen LogP contribution < -0.4 is 11.1 Å². The number of hydrogen-bond donors (Lipinski definition) is 2. The first kappa shape index (κ1) is 21.4. The lowest BCUT2D eigenvalue weighted by Gasteiger charge is -2.36. The summed E-state index contributed by atoms with van der Waals surface area (Å²) in [6.07, 6.45) is 6.76. The summed E-state index contributed by atoms with van der Waals surface area (Å²) in [5, 5.41) is 11.4. The van der Waals surface area contributed by atoms with E-state index in [9.17, 15) is 4.79 Å². The smallest absolute Gasteiger partial charge is 0.219 e. The van der Waals surface area contributed by atoms with Crippen molar-refractivity contribution in [2.75, 3.05) is 18.4 Å². The molecule has 0 unspecified atom stereocenters. The van der Waals surface area contributed by atoms with Crippen LogP contribution in [0.3, 0.4) is 0 Å². The van der Waals surface area contributed by atoms with E-state index in [0.717, 1.165) is 27.7 Å². The summed E-state index contributed by atoms with van der Waals surface area (Å²) in [6, 6.07) is 7.75. The van der Waals surface area contributed by atoms with Crippen LogP contribution >= 0.6 is 0 Å². The predicted molar refractivity (Wildman–Crippen MR) is 126 cm³/mol. The molecular weight excluding hydrogens is 404 g/mol. The lowest BCUT2D eigenvalue weighted by atomic mass is 10.1. The van der Waals surface area contributed by atoms with Crippen molar-refractivity contribution in [3.63, 3.8) is 0 Å². The number of nitrogens with two attached hydrogens (primary N) is 1. The Balaban J connectivity index is 1.52. The highest BCUT2D eigenvalue weighted by molar-refractivity contribution is 6.10. The Labute approximate surface area is 186 Å². The van der Waals surface area contributed by atoms with Crippen molar-refractivity contribution in [3.05, 3.63) is 54.0 Å². The fourth-order valence-electron chi connectivity index (χ4n) is 3.33. The second-order valence-electron chi connectivity index (χ2n) is 8.09. The van der Waals surface area contributed by atoms with E-state index in [2.05, 4.69) is 44.3 Å². The third kappa shape index (κ3) is 4.72. The average molecular weight is 431 g/mol. The monoisotopic (exact) mass is 430 g/mol. The zero-order valence-corrected chi connectivity index (χ0v) is 18.4. The zero-order chi connectivity index (χ0) is 22.7. The lowest BCUT2D eigenvalue weighted by molar-refractivity contribution is -0.132. The lowest BCUT2D eigenvalue weighted by Crippen LogP contribution is -2.51. The van der Waals surface area contributed by atoms with E-state index in [1.54, 1.807) is 30.4 Å². The van der Waals surface area contributed by atoms with Crippen molar-refractivity contribution in [2.45, 2.75) is 32.7 Å². The van der Waals surface area contributed by atoms with Crippen LogP contribution in [0.4, 0.5) is 11.6 Å². The van der Waals surface area contributed by atoms with E-state index in [1.165, 1.54) is 6.20 Å². The summed E-state index contributed by atoms with van der Waals surface area (Å²) in [4.78, 5) is 26.8. The number of aromatic nitrogens is 4. The minimum Gasteiger partial charge on any atom is -0.404 e. The number of hydrogen-bond acceptors (Lipinski definition) is 8. The minimum atomic E-state index is 0.0715. The molecule has 1 fully saturated rings. The molecule has 3 N–H and O–H groups in total. The van der Waals surface area contributed by atoms with Crippen molar-refractivity contribution in [1.29, 1.82) is 0 Å². The molecule has 3 aromatic heterocycles. The molecule has 1 aliphatic heterocycles. The Bertz CT molecular complexity index is 1200. The number of aliphatic imine (C=N–C) groups is 1. The van der Waals surface area contributed by atoms with Gasteiger partial charge in [-0.1, -0.05) is 13.8 Å². The predicted octanol–water partition coefficient (Wildman–Crippen LogP) is 2.89. The molecule has 0 atom stereocenters. The molecule has 4 heterocycles. The van der Waals surface area contributed by atoms with Crippen molar-refractivity contribution in [2.24, 2.45) is 10.7 Å². The van der Waals surface area contributed by atoms with Crippen LogP contribution in [-0.4, -0.2) is 56.3 Å². The second kappa shape index (κ2) is 9.09. The number of fused-ring (bicyclic) bond motifs is 1. The number of allylic oxidation sites excluding steroid dienone is 1. The Kier molecular flexibility index (Phi) is 6.07. The van der Waals surface area contributed by atoms with Gasteiger partial charge in [0.25, 0.3) is 0 Å². The Hall–Kier alpha value is -3.88. The molecule has 0 aromatic carbocycles. The molecule has 0 bridgehead atoms. The van der Waals surface area contributed by atoms with E-state index in [4.69, 9.17) is 5.73 Å². The average Bonchev–Trinajstić information content (AvgIpc) is 2.75. The summed E-state index contributed by atoms with van der Waals surface area (Å²) in [5.41, 5.74) is 10.0. The van der Waals surface area contributed by atoms with Gasteiger partial charge in [-0.05, 0) is 35.7 Å². The van der Waals surface area contributed by atoms with Crippen LogP contribution in [-0.2, 0) is 4.79 Å². The highest BCUT2D eigenvalue weighted by Gasteiger charge is 2.27. The quantitative estimate of drug-likeness (QED) is 0.577. The standard InChI is InChI=1S/C23H26N8O/c1-14(2)16-7-23(30-27-11-16)29-22-5-4-20-21(28-22)6-17(9-26-20)18(8-24)10-25-19-12-31(13-19)15(3)32/h4-11,14,19H,12-13,24H2,1-3H3,(H,28,29,30). The van der Waals surface area contributed by atoms with Crippen molar-refractivity contribution < 1.29 is 4.79 Å². The number of pyridine rings is 2. The summed E-state index contributed by atoms with van der Waals surface area (Å²) in [5.74, 6) is 1.72. The molecule has 1 amide bonds. The molecule has 4 rings (SSSR count). The van der Waals surface area contributed by atoms with Gasteiger partial charge >= 0.3 is 0 Å². The number of nitrogens with zero attached hydrogens (tertiary/aromatic N) is 6. The van der Waals surface area contributed by atoms with Crippen LogP contribution in [0, 0.1) is 0 Å². The van der Waals surface area contributed by atoms with Gasteiger partial charge in [0.15, 0.2) is 5.82 Å². The molecule has 3 aromatic rings. The minimum absolute atomic E-state index is 0.0715. The Morgan fingerprint density at radius 1 is 1.22 bits per heavy atom. The molecule has 0 aliphatic carbocycles. The van der Waals surface area contributed by atoms with Gasteiger partial charge in [0.2, 0.25) is 5.91 Å². The summed E-state index contributed by atoms with van der Waals surface area (Å²) >= 11 is 0. The molecule has 1 aliphatic rings. The van der Waals surface area contributed by atoms with E-state index in [-0.39, 0.29) is 11.9 Å². The van der Waals surface area contributed by atoms with Crippen molar-refractivity contribution in [1.82, 2.24) is 25.1 Å². The van der Waals surface area contributed by atoms with E-state index >= 15 is 0 Å². The maximum atomic E-state index is 11.3. The van der Waals surface area contributed by atoms with E-state index in [1.807, 2.05) is 24.3 Å². The molecule has 32 heavy (non-hydrogen) atoms. The number of amides is 1. The summed E-state index contributed by atoms with van der Waals surface area (Å²) in [6.45, 7) is 7.06. The third-order valence-electron chi connectivity index (χ3n) is 5.38. The topological polar surface area (TPSA) is 122 Å². The first-order valence-corrected chi connectivity index (χ1v) is 10.5. The third-order valence-corrected chi connectivity index (χ3v) is 5.38. The van der Waals surface area contributed by atoms with Crippen LogP contribution in [0.5, 0.6) is 0 Å². The van der Waals surface area contributed by atoms with Gasteiger partial charge in [-0.3, -0.25) is 14.8 Å². The van der Waals surface area contributed by atoms with E-state index in [0.29, 0.717) is 30.6 Å². The number of rotatable bonds is 6. The fraction of sp³-hybridized carbons (Fsp3) is 0.304. The first-order chi connectivity index (χ1) is 15.4. The number of carbonyl (C=O) groups excluding carboxylic acids is 1. The zero-order valence-electron chi connectivity index (χ0n) is 18.4. The van der Waals surface area contributed by atoms with Crippen molar-refractivity contribution in [3.8, 4) is 0 Å². The maximum absolute atomic E-state index is 11.3. The van der Waals surface area contributed by atoms with Crippen LogP contribution in [0.25, 0.3) is 16.6 Å². The molecule has 0 saturated carbocycles. The Morgan fingerprint density at radius 2 is 2.03 bits per heavy atom. The number of carbonyl (C=O) groups is 1. The van der Waals surface area contributed by atoms with Crippen LogP contribution in [0.15, 0.2) is 47.9 Å². The highest BCUT2D eigenvalue weighted by atomic mass is 16.2. The van der Waals surface area contributed by atoms with Gasteiger partial charge in [0.05, 0.1) is 23.3 Å². The summed E-state index contributed by atoms with van der Waals surface area (Å²) in [7, 11) is 0. The molecule has 9 heteroatoms. The fourth-order valence-corrected chi connectivity index (χ4v) is 3.33. The van der Waals surface area contributed by atoms with E-state index < -0.39 is 0 Å². The number of anilines is 2. The van der Waals surface area contributed by atoms with Gasteiger partial charge in [-0.25, -0.2) is 4.98 Å². The van der Waals surface area contributed by atoms with Gasteiger partial charge in [0.1, 0.15) is 5.82 Å². The Morgan fingerprint density at radius 3 is 2.75 bits per heavy atom. The van der Waals surface area contributed by atoms with Crippen LogP contribution in [0.1, 0.15) is 37.8 Å². The number of nitrogens with one attached hydrogen (secondary N) is 1. The van der Waals surface area contributed by atoms with Gasteiger partial charge in [0, 0.05) is 49.8 Å². The van der Waals surface area contributed by atoms with Gasteiger partial charge in [-0.2, -0.15) is 5.10 Å². The highest BCUT2D eigenvalue weighted by Crippen LogP contribution is 2.22. The molecule has 1 saturated heterocycles. The van der Waals surface area contributed by atoms with Crippen molar-refractivity contribution >= 4 is 40.4 Å². The van der Waals surface area contributed by atoms with Crippen LogP contribution in [0.2, 0.25) is 0 Å². The molecule has 9 nitrogen and oxygen atoms in total. The molecular formula is C23H26N8O. The molecule has 0 radical (unpaired) electrons. The summed E-state index contributed by atoms with van der Waals surface area (Å²) < 4.78 is 0. The first-order valence-electron chi connectivity index (χ1n) is 10.5. The molecule has 164 valence electrons. The maximum Gasteiger partial charge on any atom is 0.219 e. The SMILES string of the molecule is CC(=O)N1CC(N=CC(=CN)c2cnc3ccc(Nc4cc(C(C)C)cnn4)nc3c2)C1. The largest absolute Gasteiger partial charge is 0.404 e. The van der Waals surface area contributed by atoms with Gasteiger partial charge < -0.3 is 16.0 Å². The number of likely N-dealkylation sites (tertiary alicyclic amines) is 1.